The Labute approximate surface area is 142 Å². The molecule has 2 saturated heterocycles. The minimum atomic E-state index is -0.254. The minimum absolute atomic E-state index is 0.0139. The monoisotopic (exact) mass is 334 g/mol. The van der Waals surface area contributed by atoms with Crippen LogP contribution in [0.2, 0.25) is 0 Å². The number of carbonyl (C=O) groups excluding carboxylic acids is 2. The molecule has 132 valence electrons. The molecule has 3 rings (SSSR count). The maximum absolute atomic E-state index is 12.7. The van der Waals surface area contributed by atoms with E-state index in [0.29, 0.717) is 26.2 Å². The van der Waals surface area contributed by atoms with Gasteiger partial charge in [0.2, 0.25) is 11.8 Å². The maximum Gasteiger partial charge on any atom is 0.227 e. The molecule has 0 radical (unpaired) electrons. The van der Waals surface area contributed by atoms with Gasteiger partial charge in [0.15, 0.2) is 0 Å². The highest BCUT2D eigenvalue weighted by Crippen LogP contribution is 2.35. The van der Waals surface area contributed by atoms with Crippen LogP contribution < -0.4 is 0 Å². The van der Waals surface area contributed by atoms with Crippen molar-refractivity contribution in [3.05, 3.63) is 24.2 Å². The molecule has 0 spiro atoms. The van der Waals surface area contributed by atoms with Gasteiger partial charge in [-0.05, 0) is 36.8 Å². The zero-order chi connectivity index (χ0) is 17.2. The molecular formula is C18H26N2O4. The van der Waals surface area contributed by atoms with E-state index < -0.39 is 0 Å². The van der Waals surface area contributed by atoms with Crippen LogP contribution in [0.1, 0.15) is 38.4 Å². The van der Waals surface area contributed by atoms with Crippen LogP contribution in [0, 0.1) is 11.3 Å². The third kappa shape index (κ3) is 3.34. The Balaban J connectivity index is 1.56. The molecule has 0 aromatic carbocycles. The summed E-state index contributed by atoms with van der Waals surface area (Å²) < 4.78 is 5.29. The Morgan fingerprint density at radius 1 is 1.42 bits per heavy atom. The van der Waals surface area contributed by atoms with Gasteiger partial charge in [-0.25, -0.2) is 0 Å². The first-order valence-electron chi connectivity index (χ1n) is 8.77. The summed E-state index contributed by atoms with van der Waals surface area (Å²) in [4.78, 5) is 28.5. The second kappa shape index (κ2) is 6.97. The number of rotatable bonds is 5. The molecule has 2 aliphatic heterocycles. The van der Waals surface area contributed by atoms with Gasteiger partial charge in [-0.15, -0.1) is 0 Å². The average Bonchev–Trinajstić information content (AvgIpc) is 3.25. The van der Waals surface area contributed by atoms with Gasteiger partial charge in [0.1, 0.15) is 5.76 Å². The maximum atomic E-state index is 12.7. The predicted octanol–water partition coefficient (Wildman–Crippen LogP) is 1.64. The minimum Gasteiger partial charge on any atom is -0.467 e. The molecule has 0 bridgehead atoms. The second-order valence-corrected chi connectivity index (χ2v) is 7.09. The fourth-order valence-electron chi connectivity index (χ4n) is 3.76. The van der Waals surface area contributed by atoms with Gasteiger partial charge in [0, 0.05) is 32.7 Å². The largest absolute Gasteiger partial charge is 0.467 e. The number of hydrogen-bond acceptors (Lipinski definition) is 4. The molecule has 0 saturated carbocycles. The summed E-state index contributed by atoms with van der Waals surface area (Å²) in [5.41, 5.74) is -0.0341. The van der Waals surface area contributed by atoms with Gasteiger partial charge in [-0.3, -0.25) is 9.59 Å². The highest BCUT2D eigenvalue weighted by molar-refractivity contribution is 5.89. The Hall–Kier alpha value is -1.82. The van der Waals surface area contributed by atoms with Gasteiger partial charge in [-0.1, -0.05) is 6.92 Å². The number of carbonyl (C=O) groups is 2. The molecule has 6 heteroatoms. The van der Waals surface area contributed by atoms with Crippen LogP contribution in [0.15, 0.2) is 22.8 Å². The number of nitrogens with zero attached hydrogens (tertiary/aromatic N) is 2. The molecule has 1 unspecified atom stereocenters. The number of furan rings is 1. The first kappa shape index (κ1) is 17.0. The van der Waals surface area contributed by atoms with Gasteiger partial charge < -0.3 is 19.3 Å². The van der Waals surface area contributed by atoms with Crippen molar-refractivity contribution in [1.29, 1.82) is 0 Å². The molecule has 1 N–H and O–H groups in total. The van der Waals surface area contributed by atoms with Crippen molar-refractivity contribution in [3.63, 3.8) is 0 Å². The highest BCUT2D eigenvalue weighted by Gasteiger charge is 2.40. The number of aliphatic hydroxyl groups is 1. The standard InChI is InChI=1S/C18H26N2O4/c1-2-18(13-21)5-7-19(8-6-18)17(23)14-10-16(22)20(11-14)12-15-4-3-9-24-15/h3-4,9,14,21H,2,5-8,10-13H2,1H3. The van der Waals surface area contributed by atoms with E-state index in [-0.39, 0.29) is 36.2 Å². The van der Waals surface area contributed by atoms with E-state index in [2.05, 4.69) is 6.92 Å². The van der Waals surface area contributed by atoms with Gasteiger partial charge in [-0.2, -0.15) is 0 Å². The molecule has 1 aromatic rings. The third-order valence-electron chi connectivity index (χ3n) is 5.71. The number of likely N-dealkylation sites (tertiary alicyclic amines) is 2. The fraction of sp³-hybridized carbons (Fsp3) is 0.667. The normalized spacial score (nSPS) is 23.8. The predicted molar refractivity (Wildman–Crippen MR) is 87.9 cm³/mol. The number of piperidine rings is 1. The average molecular weight is 334 g/mol. The van der Waals surface area contributed by atoms with Gasteiger partial charge in [0.25, 0.3) is 0 Å². The lowest BCUT2D eigenvalue weighted by Crippen LogP contribution is -2.46. The van der Waals surface area contributed by atoms with Crippen LogP contribution >= 0.6 is 0 Å². The van der Waals surface area contributed by atoms with Crippen molar-refractivity contribution in [2.75, 3.05) is 26.2 Å². The summed E-state index contributed by atoms with van der Waals surface area (Å²) >= 11 is 0. The molecular weight excluding hydrogens is 308 g/mol. The van der Waals surface area contributed by atoms with E-state index in [1.54, 1.807) is 17.2 Å². The van der Waals surface area contributed by atoms with Gasteiger partial charge in [0.05, 0.1) is 18.7 Å². The third-order valence-corrected chi connectivity index (χ3v) is 5.71. The highest BCUT2D eigenvalue weighted by atomic mass is 16.3. The van der Waals surface area contributed by atoms with Gasteiger partial charge >= 0.3 is 0 Å². The topological polar surface area (TPSA) is 74.0 Å². The van der Waals surface area contributed by atoms with Crippen molar-refractivity contribution < 1.29 is 19.1 Å². The van der Waals surface area contributed by atoms with E-state index in [0.717, 1.165) is 25.0 Å². The zero-order valence-electron chi connectivity index (χ0n) is 14.2. The van der Waals surface area contributed by atoms with Crippen molar-refractivity contribution in [3.8, 4) is 0 Å². The summed E-state index contributed by atoms with van der Waals surface area (Å²) in [7, 11) is 0. The molecule has 0 aliphatic carbocycles. The molecule has 3 heterocycles. The molecule has 1 atom stereocenters. The van der Waals surface area contributed by atoms with Crippen LogP contribution in [0.25, 0.3) is 0 Å². The number of amides is 2. The lowest BCUT2D eigenvalue weighted by atomic mass is 9.77. The van der Waals surface area contributed by atoms with Crippen LogP contribution in [0.3, 0.4) is 0 Å². The quantitative estimate of drug-likeness (QED) is 0.888. The number of hydrogen-bond donors (Lipinski definition) is 1. The summed E-state index contributed by atoms with van der Waals surface area (Å²) in [5, 5.41) is 9.61. The first-order chi connectivity index (χ1) is 11.6. The summed E-state index contributed by atoms with van der Waals surface area (Å²) in [6.07, 6.45) is 4.48. The zero-order valence-corrected chi connectivity index (χ0v) is 14.2. The fourth-order valence-corrected chi connectivity index (χ4v) is 3.76. The lowest BCUT2D eigenvalue weighted by molar-refractivity contribution is -0.138. The lowest BCUT2D eigenvalue weighted by Gasteiger charge is -2.40. The molecule has 2 aliphatic rings. The van der Waals surface area contributed by atoms with E-state index in [4.69, 9.17) is 4.42 Å². The summed E-state index contributed by atoms with van der Waals surface area (Å²) in [6, 6.07) is 3.64. The molecule has 2 amide bonds. The van der Waals surface area contributed by atoms with E-state index in [9.17, 15) is 14.7 Å². The Bertz CT molecular complexity index is 570. The Morgan fingerprint density at radius 3 is 2.75 bits per heavy atom. The van der Waals surface area contributed by atoms with Crippen LogP contribution in [-0.4, -0.2) is 53.0 Å². The second-order valence-electron chi connectivity index (χ2n) is 7.09. The van der Waals surface area contributed by atoms with Crippen LogP contribution in [0.5, 0.6) is 0 Å². The van der Waals surface area contributed by atoms with E-state index in [1.165, 1.54) is 0 Å². The van der Waals surface area contributed by atoms with Crippen molar-refractivity contribution in [1.82, 2.24) is 9.80 Å². The van der Waals surface area contributed by atoms with Crippen molar-refractivity contribution >= 4 is 11.8 Å². The first-order valence-corrected chi connectivity index (χ1v) is 8.77. The Kier molecular flexibility index (Phi) is 4.94. The summed E-state index contributed by atoms with van der Waals surface area (Å²) in [5.74, 6) is 0.578. The molecule has 24 heavy (non-hydrogen) atoms. The molecule has 1 aromatic heterocycles. The smallest absolute Gasteiger partial charge is 0.227 e. The summed E-state index contributed by atoms with van der Waals surface area (Å²) in [6.45, 7) is 4.53. The van der Waals surface area contributed by atoms with Crippen molar-refractivity contribution in [2.45, 2.75) is 39.2 Å². The van der Waals surface area contributed by atoms with Crippen LogP contribution in [-0.2, 0) is 16.1 Å². The van der Waals surface area contributed by atoms with E-state index >= 15 is 0 Å². The van der Waals surface area contributed by atoms with E-state index in [1.807, 2.05) is 11.0 Å². The molecule has 6 nitrogen and oxygen atoms in total. The number of aliphatic hydroxyl groups excluding tert-OH is 1. The molecule has 2 fully saturated rings. The van der Waals surface area contributed by atoms with Crippen LogP contribution in [0.4, 0.5) is 0 Å². The SMILES string of the molecule is CCC1(CO)CCN(C(=O)C2CC(=O)N(Cc3ccco3)C2)CC1. The Morgan fingerprint density at radius 2 is 2.17 bits per heavy atom. The van der Waals surface area contributed by atoms with Crippen molar-refractivity contribution in [2.24, 2.45) is 11.3 Å².